The van der Waals surface area contributed by atoms with Gasteiger partial charge in [-0.15, -0.1) is 10.2 Å². The first-order valence-corrected chi connectivity index (χ1v) is 6.02. The average Bonchev–Trinajstić information content (AvgIpc) is 2.33. The molecule has 90 valence electrons. The molecular weight excluding hydrogens is 212 g/mol. The van der Waals surface area contributed by atoms with E-state index in [4.69, 9.17) is 5.26 Å². The summed E-state index contributed by atoms with van der Waals surface area (Å²) in [5.41, 5.74) is 0.673. The van der Waals surface area contributed by atoms with Gasteiger partial charge < -0.3 is 4.90 Å². The number of hydrogen-bond donors (Lipinski definition) is 0. The number of rotatable bonds is 1. The van der Waals surface area contributed by atoms with Crippen LogP contribution in [0.25, 0.3) is 0 Å². The van der Waals surface area contributed by atoms with Crippen LogP contribution in [0.3, 0.4) is 0 Å². The standard InChI is InChI=1S/C13H18N4/c1-10-6-7-17(9-13(10,2)3)12-5-4-11(8-14)15-16-12/h4-5,10H,6-7,9H2,1-3H3. The molecule has 1 atom stereocenters. The third-order valence-electron chi connectivity index (χ3n) is 3.85. The summed E-state index contributed by atoms with van der Waals surface area (Å²) >= 11 is 0. The molecule has 17 heavy (non-hydrogen) atoms. The highest BCUT2D eigenvalue weighted by molar-refractivity contribution is 5.39. The fraction of sp³-hybridized carbons (Fsp3) is 0.615. The van der Waals surface area contributed by atoms with Gasteiger partial charge in [0.2, 0.25) is 0 Å². The van der Waals surface area contributed by atoms with Crippen LogP contribution in [0.5, 0.6) is 0 Å². The molecule has 0 saturated carbocycles. The minimum atomic E-state index is 0.299. The van der Waals surface area contributed by atoms with Gasteiger partial charge in [0.1, 0.15) is 6.07 Å². The number of aromatic nitrogens is 2. The molecule has 1 aromatic rings. The number of piperidine rings is 1. The van der Waals surface area contributed by atoms with Gasteiger partial charge in [-0.05, 0) is 29.9 Å². The van der Waals surface area contributed by atoms with Crippen molar-refractivity contribution in [3.63, 3.8) is 0 Å². The van der Waals surface area contributed by atoms with Crippen LogP contribution in [0.15, 0.2) is 12.1 Å². The highest BCUT2D eigenvalue weighted by atomic mass is 15.3. The zero-order valence-corrected chi connectivity index (χ0v) is 10.6. The normalized spacial score (nSPS) is 23.2. The molecule has 2 rings (SSSR count). The molecule has 1 unspecified atom stereocenters. The van der Waals surface area contributed by atoms with E-state index in [-0.39, 0.29) is 0 Å². The maximum atomic E-state index is 8.69. The number of nitriles is 1. The first kappa shape index (κ1) is 11.8. The summed E-state index contributed by atoms with van der Waals surface area (Å²) in [6, 6.07) is 5.60. The molecule has 1 aliphatic rings. The minimum absolute atomic E-state index is 0.299. The third kappa shape index (κ3) is 2.38. The molecule has 1 aromatic heterocycles. The lowest BCUT2D eigenvalue weighted by Crippen LogP contribution is -2.45. The lowest BCUT2D eigenvalue weighted by atomic mass is 9.75. The molecule has 0 aromatic carbocycles. The summed E-state index contributed by atoms with van der Waals surface area (Å²) in [5, 5.41) is 16.7. The van der Waals surface area contributed by atoms with Crippen molar-refractivity contribution < 1.29 is 0 Å². The first-order chi connectivity index (χ1) is 8.03. The summed E-state index contributed by atoms with van der Waals surface area (Å²) in [6.07, 6.45) is 1.18. The van der Waals surface area contributed by atoms with Crippen molar-refractivity contribution in [1.29, 1.82) is 5.26 Å². The Morgan fingerprint density at radius 1 is 1.41 bits per heavy atom. The van der Waals surface area contributed by atoms with Crippen molar-refractivity contribution in [3.05, 3.63) is 17.8 Å². The summed E-state index contributed by atoms with van der Waals surface area (Å²) in [5.74, 6) is 1.61. The van der Waals surface area contributed by atoms with E-state index in [2.05, 4.69) is 35.9 Å². The van der Waals surface area contributed by atoms with E-state index in [0.717, 1.165) is 24.8 Å². The molecule has 4 nitrogen and oxygen atoms in total. The van der Waals surface area contributed by atoms with Crippen molar-refractivity contribution in [1.82, 2.24) is 10.2 Å². The van der Waals surface area contributed by atoms with Crippen molar-refractivity contribution in [2.45, 2.75) is 27.2 Å². The number of nitrogens with zero attached hydrogens (tertiary/aromatic N) is 4. The molecule has 2 heterocycles. The zero-order chi connectivity index (χ0) is 12.5. The molecule has 0 spiro atoms. The van der Waals surface area contributed by atoms with Gasteiger partial charge in [-0.25, -0.2) is 0 Å². The Kier molecular flexibility index (Phi) is 3.01. The summed E-state index contributed by atoms with van der Waals surface area (Å²) in [4.78, 5) is 2.26. The zero-order valence-electron chi connectivity index (χ0n) is 10.6. The van der Waals surface area contributed by atoms with E-state index in [0.29, 0.717) is 11.1 Å². The van der Waals surface area contributed by atoms with Crippen molar-refractivity contribution in [2.24, 2.45) is 11.3 Å². The molecule has 0 N–H and O–H groups in total. The maximum absolute atomic E-state index is 8.69. The molecule has 0 aliphatic carbocycles. The van der Waals surface area contributed by atoms with E-state index < -0.39 is 0 Å². The number of anilines is 1. The van der Waals surface area contributed by atoms with Crippen molar-refractivity contribution in [2.75, 3.05) is 18.0 Å². The van der Waals surface area contributed by atoms with Gasteiger partial charge in [-0.2, -0.15) is 5.26 Å². The predicted molar refractivity (Wildman–Crippen MR) is 66.5 cm³/mol. The Morgan fingerprint density at radius 3 is 2.71 bits per heavy atom. The summed E-state index contributed by atoms with van der Waals surface area (Å²) < 4.78 is 0. The van der Waals surface area contributed by atoms with Gasteiger partial charge >= 0.3 is 0 Å². The second kappa shape index (κ2) is 4.33. The molecule has 0 radical (unpaired) electrons. The van der Waals surface area contributed by atoms with Crippen molar-refractivity contribution in [3.8, 4) is 6.07 Å². The lowest BCUT2D eigenvalue weighted by Gasteiger charge is -2.43. The topological polar surface area (TPSA) is 52.8 Å². The first-order valence-electron chi connectivity index (χ1n) is 6.02. The quantitative estimate of drug-likeness (QED) is 0.742. The number of hydrogen-bond acceptors (Lipinski definition) is 4. The molecule has 1 aliphatic heterocycles. The van der Waals surface area contributed by atoms with Gasteiger partial charge in [0.25, 0.3) is 0 Å². The van der Waals surface area contributed by atoms with Crippen LogP contribution in [-0.2, 0) is 0 Å². The molecule has 4 heteroatoms. The SMILES string of the molecule is CC1CCN(c2ccc(C#N)nn2)CC1(C)C. The Labute approximate surface area is 102 Å². The molecular formula is C13H18N4. The Bertz CT molecular complexity index is 430. The van der Waals surface area contributed by atoms with Crippen LogP contribution < -0.4 is 4.90 Å². The van der Waals surface area contributed by atoms with E-state index in [1.807, 2.05) is 12.1 Å². The molecule has 1 saturated heterocycles. The van der Waals surface area contributed by atoms with E-state index >= 15 is 0 Å². The third-order valence-corrected chi connectivity index (χ3v) is 3.85. The highest BCUT2D eigenvalue weighted by Gasteiger charge is 2.33. The Hall–Kier alpha value is -1.63. The fourth-order valence-electron chi connectivity index (χ4n) is 2.22. The largest absolute Gasteiger partial charge is 0.355 e. The Balaban J connectivity index is 2.15. The van der Waals surface area contributed by atoms with E-state index in [1.54, 1.807) is 6.07 Å². The Morgan fingerprint density at radius 2 is 2.18 bits per heavy atom. The van der Waals surface area contributed by atoms with E-state index in [9.17, 15) is 0 Å². The predicted octanol–water partition coefficient (Wildman–Crippen LogP) is 2.22. The lowest BCUT2D eigenvalue weighted by molar-refractivity contribution is 0.193. The van der Waals surface area contributed by atoms with Crippen LogP contribution in [0.2, 0.25) is 0 Å². The van der Waals surface area contributed by atoms with Crippen LogP contribution in [0.1, 0.15) is 32.9 Å². The average molecular weight is 230 g/mol. The van der Waals surface area contributed by atoms with Crippen LogP contribution in [-0.4, -0.2) is 23.3 Å². The smallest absolute Gasteiger partial charge is 0.163 e. The summed E-state index contributed by atoms with van der Waals surface area (Å²) in [6.45, 7) is 8.91. The highest BCUT2D eigenvalue weighted by Crippen LogP contribution is 2.35. The van der Waals surface area contributed by atoms with Crippen molar-refractivity contribution >= 4 is 5.82 Å². The van der Waals surface area contributed by atoms with Crippen LogP contribution in [0.4, 0.5) is 5.82 Å². The van der Waals surface area contributed by atoms with E-state index in [1.165, 1.54) is 6.42 Å². The van der Waals surface area contributed by atoms with Gasteiger partial charge in [0.05, 0.1) is 0 Å². The van der Waals surface area contributed by atoms with Gasteiger partial charge in [0.15, 0.2) is 11.5 Å². The monoisotopic (exact) mass is 230 g/mol. The van der Waals surface area contributed by atoms with Crippen LogP contribution >= 0.6 is 0 Å². The molecule has 0 amide bonds. The van der Waals surface area contributed by atoms with Gasteiger partial charge in [-0.3, -0.25) is 0 Å². The maximum Gasteiger partial charge on any atom is 0.163 e. The molecule has 1 fully saturated rings. The summed E-state index contributed by atoms with van der Waals surface area (Å²) in [7, 11) is 0. The molecule has 0 bridgehead atoms. The second-order valence-electron chi connectivity index (χ2n) is 5.49. The second-order valence-corrected chi connectivity index (χ2v) is 5.49. The fourth-order valence-corrected chi connectivity index (χ4v) is 2.22. The van der Waals surface area contributed by atoms with Gasteiger partial charge in [0, 0.05) is 13.1 Å². The van der Waals surface area contributed by atoms with Gasteiger partial charge in [-0.1, -0.05) is 20.8 Å². The minimum Gasteiger partial charge on any atom is -0.355 e. The van der Waals surface area contributed by atoms with Crippen LogP contribution in [0, 0.1) is 22.7 Å².